The zero-order valence-electron chi connectivity index (χ0n) is 18.3. The molecule has 1 N–H and O–H groups in total. The summed E-state index contributed by atoms with van der Waals surface area (Å²) in [5.74, 6) is 0.0381. The SMILES string of the molecule is Cc1ccc(CS(=O)(=O)N2CCC(C(=O)NCCCN3CCCCCC3)CC2)cc1. The molecule has 2 aliphatic rings. The van der Waals surface area contributed by atoms with E-state index < -0.39 is 10.0 Å². The Kier molecular flexibility index (Phi) is 8.72. The van der Waals surface area contributed by atoms with Crippen molar-refractivity contribution in [3.8, 4) is 0 Å². The Bertz CT molecular complexity index is 763. The Labute approximate surface area is 182 Å². The Morgan fingerprint density at radius 3 is 2.27 bits per heavy atom. The fourth-order valence-corrected chi connectivity index (χ4v) is 5.96. The highest BCUT2D eigenvalue weighted by atomic mass is 32.2. The minimum atomic E-state index is -3.34. The Hall–Kier alpha value is -1.44. The first-order chi connectivity index (χ1) is 14.4. The maximum atomic E-state index is 12.7. The number of amides is 1. The smallest absolute Gasteiger partial charge is 0.223 e. The van der Waals surface area contributed by atoms with Crippen LogP contribution >= 0.6 is 0 Å². The fourth-order valence-electron chi connectivity index (χ4n) is 4.40. The molecule has 0 aromatic heterocycles. The van der Waals surface area contributed by atoms with Crippen molar-refractivity contribution in [2.45, 2.75) is 57.6 Å². The lowest BCUT2D eigenvalue weighted by Gasteiger charge is -2.30. The molecule has 1 aromatic rings. The number of hydrogen-bond donors (Lipinski definition) is 1. The second kappa shape index (κ2) is 11.3. The van der Waals surface area contributed by atoms with Crippen molar-refractivity contribution in [1.82, 2.24) is 14.5 Å². The number of carbonyl (C=O) groups excluding carboxylic acids is 1. The van der Waals surface area contributed by atoms with Gasteiger partial charge in [-0.2, -0.15) is 0 Å². The van der Waals surface area contributed by atoms with Gasteiger partial charge in [-0.15, -0.1) is 0 Å². The molecule has 3 rings (SSSR count). The van der Waals surface area contributed by atoms with Crippen LogP contribution in [0.25, 0.3) is 0 Å². The van der Waals surface area contributed by atoms with E-state index in [0.29, 0.717) is 32.5 Å². The van der Waals surface area contributed by atoms with Gasteiger partial charge in [-0.25, -0.2) is 12.7 Å². The van der Waals surface area contributed by atoms with Gasteiger partial charge in [-0.05, 0) is 64.2 Å². The van der Waals surface area contributed by atoms with Crippen LogP contribution in [-0.4, -0.2) is 62.8 Å². The first-order valence-electron chi connectivity index (χ1n) is 11.5. The Morgan fingerprint density at radius 1 is 1.00 bits per heavy atom. The van der Waals surface area contributed by atoms with Gasteiger partial charge >= 0.3 is 0 Å². The highest BCUT2D eigenvalue weighted by molar-refractivity contribution is 7.88. The number of rotatable bonds is 8. The third kappa shape index (κ3) is 7.06. The molecule has 30 heavy (non-hydrogen) atoms. The van der Waals surface area contributed by atoms with Gasteiger partial charge in [0.05, 0.1) is 5.75 Å². The van der Waals surface area contributed by atoms with Crippen LogP contribution in [-0.2, 0) is 20.6 Å². The minimum absolute atomic E-state index is 0.0284. The third-order valence-corrected chi connectivity index (χ3v) is 8.19. The molecule has 7 heteroatoms. The number of likely N-dealkylation sites (tertiary alicyclic amines) is 1. The highest BCUT2D eigenvalue weighted by Gasteiger charge is 2.31. The van der Waals surface area contributed by atoms with Crippen molar-refractivity contribution in [2.24, 2.45) is 5.92 Å². The lowest BCUT2D eigenvalue weighted by atomic mass is 9.97. The molecule has 0 unspecified atom stereocenters. The van der Waals surface area contributed by atoms with Gasteiger partial charge in [0.2, 0.25) is 15.9 Å². The molecular formula is C23H37N3O3S. The molecule has 2 heterocycles. The molecule has 1 aromatic carbocycles. The van der Waals surface area contributed by atoms with Crippen LogP contribution in [0.2, 0.25) is 0 Å². The summed E-state index contributed by atoms with van der Waals surface area (Å²) in [6.45, 7) is 6.98. The predicted molar refractivity (Wildman–Crippen MR) is 121 cm³/mol. The van der Waals surface area contributed by atoms with Crippen LogP contribution in [0.15, 0.2) is 24.3 Å². The summed E-state index contributed by atoms with van der Waals surface area (Å²) >= 11 is 0. The first kappa shape index (κ1) is 23.2. The van der Waals surface area contributed by atoms with Gasteiger partial charge in [0.15, 0.2) is 0 Å². The molecule has 0 radical (unpaired) electrons. The number of piperidine rings is 1. The van der Waals surface area contributed by atoms with Crippen molar-refractivity contribution in [2.75, 3.05) is 39.3 Å². The summed E-state index contributed by atoms with van der Waals surface area (Å²) in [6.07, 6.45) is 7.44. The molecule has 168 valence electrons. The molecule has 0 spiro atoms. The van der Waals surface area contributed by atoms with Crippen molar-refractivity contribution in [1.29, 1.82) is 0 Å². The number of aryl methyl sites for hydroxylation is 1. The summed E-state index contributed by atoms with van der Waals surface area (Å²) in [4.78, 5) is 15.0. The number of benzene rings is 1. The second-order valence-corrected chi connectivity index (χ2v) is 10.8. The van der Waals surface area contributed by atoms with Gasteiger partial charge in [-0.3, -0.25) is 4.79 Å². The van der Waals surface area contributed by atoms with Gasteiger partial charge in [0.25, 0.3) is 0 Å². The summed E-state index contributed by atoms with van der Waals surface area (Å²) in [5.41, 5.74) is 1.93. The quantitative estimate of drug-likeness (QED) is 0.638. The molecule has 2 aliphatic heterocycles. The lowest BCUT2D eigenvalue weighted by Crippen LogP contribution is -2.43. The van der Waals surface area contributed by atoms with Crippen molar-refractivity contribution in [3.05, 3.63) is 35.4 Å². The first-order valence-corrected chi connectivity index (χ1v) is 13.1. The average Bonchev–Trinajstić information content (AvgIpc) is 3.01. The van der Waals surface area contributed by atoms with Crippen molar-refractivity contribution >= 4 is 15.9 Å². The molecule has 0 aliphatic carbocycles. The minimum Gasteiger partial charge on any atom is -0.356 e. The summed E-state index contributed by atoms with van der Waals surface area (Å²) in [6, 6.07) is 7.62. The number of hydrogen-bond acceptors (Lipinski definition) is 4. The van der Waals surface area contributed by atoms with E-state index >= 15 is 0 Å². The molecular weight excluding hydrogens is 398 g/mol. The molecule has 1 amide bonds. The van der Waals surface area contributed by atoms with E-state index in [2.05, 4.69) is 10.2 Å². The predicted octanol–water partition coefficient (Wildman–Crippen LogP) is 2.92. The van der Waals surface area contributed by atoms with Gasteiger partial charge < -0.3 is 10.2 Å². The highest BCUT2D eigenvalue weighted by Crippen LogP contribution is 2.22. The van der Waals surface area contributed by atoms with E-state index in [1.807, 2.05) is 31.2 Å². The van der Waals surface area contributed by atoms with Crippen molar-refractivity contribution in [3.63, 3.8) is 0 Å². The number of nitrogens with zero attached hydrogens (tertiary/aromatic N) is 2. The van der Waals surface area contributed by atoms with Gasteiger partial charge in [0.1, 0.15) is 0 Å². The summed E-state index contributed by atoms with van der Waals surface area (Å²) in [7, 11) is -3.34. The van der Waals surface area contributed by atoms with Gasteiger partial charge in [0, 0.05) is 25.6 Å². The summed E-state index contributed by atoms with van der Waals surface area (Å²) in [5, 5.41) is 3.07. The van der Waals surface area contributed by atoms with Gasteiger partial charge in [-0.1, -0.05) is 42.7 Å². The topological polar surface area (TPSA) is 69.7 Å². The standard InChI is InChI=1S/C23H37N3O3S/c1-20-7-9-21(10-8-20)19-30(28,29)26-17-11-22(12-18-26)23(27)24-13-6-16-25-14-4-2-3-5-15-25/h7-10,22H,2-6,11-19H2,1H3,(H,24,27). The van der Waals surface area contributed by atoms with E-state index in [1.165, 1.54) is 38.8 Å². The molecule has 2 saturated heterocycles. The zero-order chi connectivity index (χ0) is 21.4. The van der Waals surface area contributed by atoms with E-state index in [9.17, 15) is 13.2 Å². The molecule has 0 saturated carbocycles. The van der Waals surface area contributed by atoms with E-state index in [0.717, 1.165) is 24.1 Å². The maximum absolute atomic E-state index is 12.7. The Balaban J connectivity index is 1.36. The average molecular weight is 436 g/mol. The van der Waals surface area contributed by atoms with Crippen LogP contribution in [0.1, 0.15) is 56.1 Å². The number of sulfonamides is 1. The molecule has 2 fully saturated rings. The van der Waals surface area contributed by atoms with E-state index in [-0.39, 0.29) is 17.6 Å². The fraction of sp³-hybridized carbons (Fsp3) is 0.696. The Morgan fingerprint density at radius 2 is 1.63 bits per heavy atom. The van der Waals surface area contributed by atoms with Crippen LogP contribution in [0.5, 0.6) is 0 Å². The molecule has 6 nitrogen and oxygen atoms in total. The molecule has 0 atom stereocenters. The summed E-state index contributed by atoms with van der Waals surface area (Å²) < 4.78 is 27.0. The monoisotopic (exact) mass is 435 g/mol. The normalized spacial score (nSPS) is 20.0. The van der Waals surface area contributed by atoms with Crippen LogP contribution in [0.4, 0.5) is 0 Å². The number of carbonyl (C=O) groups is 1. The number of nitrogens with one attached hydrogen (secondary N) is 1. The largest absolute Gasteiger partial charge is 0.356 e. The van der Waals surface area contributed by atoms with Crippen molar-refractivity contribution < 1.29 is 13.2 Å². The molecule has 0 bridgehead atoms. The maximum Gasteiger partial charge on any atom is 0.223 e. The van der Waals surface area contributed by atoms with E-state index in [4.69, 9.17) is 0 Å². The van der Waals surface area contributed by atoms with Crippen LogP contribution in [0.3, 0.4) is 0 Å². The lowest BCUT2D eigenvalue weighted by molar-refractivity contribution is -0.126. The van der Waals surface area contributed by atoms with Crippen LogP contribution < -0.4 is 5.32 Å². The zero-order valence-corrected chi connectivity index (χ0v) is 19.1. The van der Waals surface area contributed by atoms with E-state index in [1.54, 1.807) is 4.31 Å². The third-order valence-electron chi connectivity index (χ3n) is 6.34. The second-order valence-electron chi connectivity index (χ2n) is 8.82. The van der Waals surface area contributed by atoms with Crippen LogP contribution in [0, 0.1) is 12.8 Å².